The second-order valence-electron chi connectivity index (χ2n) is 6.65. The highest BCUT2D eigenvalue weighted by molar-refractivity contribution is 5.83. The number of hydrogen-bond donors (Lipinski definition) is 3. The van der Waals surface area contributed by atoms with Crippen LogP contribution in [-0.4, -0.2) is 33.8 Å². The fourth-order valence-corrected chi connectivity index (χ4v) is 3.22. The largest absolute Gasteiger partial charge is 0.361 e. The van der Waals surface area contributed by atoms with Gasteiger partial charge in [-0.2, -0.15) is 5.10 Å². The summed E-state index contributed by atoms with van der Waals surface area (Å²) in [6, 6.07) is 4.82. The third-order valence-corrected chi connectivity index (χ3v) is 4.81. The summed E-state index contributed by atoms with van der Waals surface area (Å²) in [5.74, 6) is 0.555. The van der Waals surface area contributed by atoms with Crippen molar-refractivity contribution in [1.29, 1.82) is 0 Å². The minimum Gasteiger partial charge on any atom is -0.361 e. The highest BCUT2D eigenvalue weighted by atomic mass is 19.1. The Balaban J connectivity index is 1.64. The molecule has 3 N–H and O–H groups in total. The maximum atomic E-state index is 13.5. The van der Waals surface area contributed by atoms with Crippen LogP contribution in [0.15, 0.2) is 29.4 Å². The summed E-state index contributed by atoms with van der Waals surface area (Å²) in [5.41, 5.74) is 5.34. The van der Waals surface area contributed by atoms with Crippen molar-refractivity contribution >= 4 is 16.9 Å². The van der Waals surface area contributed by atoms with E-state index in [2.05, 4.69) is 32.6 Å². The molecule has 144 valence electrons. The van der Waals surface area contributed by atoms with E-state index in [0.29, 0.717) is 13.1 Å². The molecule has 0 amide bonds. The number of aliphatic imine (C=N–C) groups is 1. The molecular weight excluding hydrogens is 343 g/mol. The van der Waals surface area contributed by atoms with Crippen molar-refractivity contribution in [2.24, 2.45) is 12.0 Å². The van der Waals surface area contributed by atoms with Gasteiger partial charge in [0, 0.05) is 48.5 Å². The monoisotopic (exact) mass is 370 g/mol. The SMILES string of the molecule is CCNC(=NCc1c(C)nn(C)c1C)NCCc1c[nH]c2ccc(F)cc12. The van der Waals surface area contributed by atoms with Gasteiger partial charge in [0.1, 0.15) is 5.82 Å². The summed E-state index contributed by atoms with van der Waals surface area (Å²) in [6.07, 6.45) is 2.72. The van der Waals surface area contributed by atoms with Gasteiger partial charge in [-0.15, -0.1) is 0 Å². The first-order valence-corrected chi connectivity index (χ1v) is 9.26. The Kier molecular flexibility index (Phi) is 5.78. The number of rotatable bonds is 6. The fraction of sp³-hybridized carbons (Fsp3) is 0.400. The number of benzene rings is 1. The summed E-state index contributed by atoms with van der Waals surface area (Å²) in [4.78, 5) is 7.88. The van der Waals surface area contributed by atoms with Crippen molar-refractivity contribution in [1.82, 2.24) is 25.4 Å². The van der Waals surface area contributed by atoms with E-state index in [4.69, 9.17) is 0 Å². The molecule has 2 heterocycles. The summed E-state index contributed by atoms with van der Waals surface area (Å²) in [6.45, 7) is 8.19. The molecule has 0 radical (unpaired) electrons. The normalized spacial score (nSPS) is 12.0. The van der Waals surface area contributed by atoms with Gasteiger partial charge in [0.15, 0.2) is 5.96 Å². The number of guanidine groups is 1. The van der Waals surface area contributed by atoms with E-state index in [0.717, 1.165) is 52.3 Å². The van der Waals surface area contributed by atoms with Gasteiger partial charge in [0.2, 0.25) is 0 Å². The second-order valence-corrected chi connectivity index (χ2v) is 6.65. The average Bonchev–Trinajstić information content (AvgIpc) is 3.14. The number of H-pyrrole nitrogens is 1. The fourth-order valence-electron chi connectivity index (χ4n) is 3.22. The van der Waals surface area contributed by atoms with E-state index in [9.17, 15) is 4.39 Å². The molecule has 7 heteroatoms. The molecule has 0 saturated heterocycles. The Morgan fingerprint density at radius 1 is 1.30 bits per heavy atom. The lowest BCUT2D eigenvalue weighted by Gasteiger charge is -2.11. The van der Waals surface area contributed by atoms with Gasteiger partial charge in [-0.05, 0) is 51.0 Å². The Morgan fingerprint density at radius 3 is 2.81 bits per heavy atom. The number of aromatic amines is 1. The number of aromatic nitrogens is 3. The number of nitrogens with one attached hydrogen (secondary N) is 3. The van der Waals surface area contributed by atoms with Crippen molar-refractivity contribution in [2.75, 3.05) is 13.1 Å². The zero-order valence-electron chi connectivity index (χ0n) is 16.4. The van der Waals surface area contributed by atoms with Crippen LogP contribution in [0.1, 0.15) is 29.4 Å². The van der Waals surface area contributed by atoms with Gasteiger partial charge in [0.05, 0.1) is 12.2 Å². The van der Waals surface area contributed by atoms with Gasteiger partial charge >= 0.3 is 0 Å². The Hall–Kier alpha value is -2.83. The maximum absolute atomic E-state index is 13.5. The summed E-state index contributed by atoms with van der Waals surface area (Å²) >= 11 is 0. The molecule has 0 aliphatic rings. The Labute approximate surface area is 158 Å². The van der Waals surface area contributed by atoms with Gasteiger partial charge in [-0.25, -0.2) is 9.38 Å². The molecule has 27 heavy (non-hydrogen) atoms. The zero-order chi connectivity index (χ0) is 19.4. The molecule has 0 fully saturated rings. The lowest BCUT2D eigenvalue weighted by Crippen LogP contribution is -2.38. The number of fused-ring (bicyclic) bond motifs is 1. The van der Waals surface area contributed by atoms with Crippen LogP contribution >= 0.6 is 0 Å². The quantitative estimate of drug-likeness (QED) is 0.462. The molecule has 0 aliphatic carbocycles. The van der Waals surface area contributed by atoms with Gasteiger partial charge in [0.25, 0.3) is 0 Å². The van der Waals surface area contributed by atoms with E-state index >= 15 is 0 Å². The highest BCUT2D eigenvalue weighted by Crippen LogP contribution is 2.19. The number of hydrogen-bond acceptors (Lipinski definition) is 2. The van der Waals surface area contributed by atoms with Crippen molar-refractivity contribution < 1.29 is 4.39 Å². The summed E-state index contributed by atoms with van der Waals surface area (Å²) < 4.78 is 15.4. The first kappa shape index (κ1) is 18.9. The van der Waals surface area contributed by atoms with Crippen LogP contribution in [0, 0.1) is 19.7 Å². The smallest absolute Gasteiger partial charge is 0.191 e. The van der Waals surface area contributed by atoms with Crippen LogP contribution in [0.25, 0.3) is 10.9 Å². The average molecular weight is 370 g/mol. The molecule has 2 aromatic heterocycles. The lowest BCUT2D eigenvalue weighted by atomic mass is 10.1. The van der Waals surface area contributed by atoms with Crippen molar-refractivity contribution in [2.45, 2.75) is 33.7 Å². The van der Waals surface area contributed by atoms with Gasteiger partial charge in [-0.3, -0.25) is 4.68 Å². The molecule has 6 nitrogen and oxygen atoms in total. The van der Waals surface area contributed by atoms with E-state index in [1.807, 2.05) is 31.8 Å². The lowest BCUT2D eigenvalue weighted by molar-refractivity contribution is 0.629. The van der Waals surface area contributed by atoms with E-state index in [1.54, 1.807) is 12.1 Å². The summed E-state index contributed by atoms with van der Waals surface area (Å²) in [7, 11) is 1.95. The topological polar surface area (TPSA) is 70.0 Å². The number of aryl methyl sites for hydroxylation is 2. The molecule has 1 aromatic carbocycles. The zero-order valence-corrected chi connectivity index (χ0v) is 16.4. The predicted octanol–water partition coefficient (Wildman–Crippen LogP) is 2.96. The molecule has 3 aromatic rings. The first-order chi connectivity index (χ1) is 13.0. The molecule has 0 aliphatic heterocycles. The summed E-state index contributed by atoms with van der Waals surface area (Å²) in [5, 5.41) is 12.0. The van der Waals surface area contributed by atoms with E-state index in [-0.39, 0.29) is 5.82 Å². The second kappa shape index (κ2) is 8.24. The van der Waals surface area contributed by atoms with E-state index < -0.39 is 0 Å². The van der Waals surface area contributed by atoms with Crippen molar-refractivity contribution in [3.63, 3.8) is 0 Å². The van der Waals surface area contributed by atoms with Crippen LogP contribution in [0.5, 0.6) is 0 Å². The third-order valence-electron chi connectivity index (χ3n) is 4.81. The van der Waals surface area contributed by atoms with Crippen LogP contribution in [0.3, 0.4) is 0 Å². The molecule has 0 bridgehead atoms. The standard InChI is InChI=1S/C20H27FN6/c1-5-22-20(25-12-18-13(2)26-27(4)14(18)3)23-9-8-15-11-24-19-7-6-16(21)10-17(15)19/h6-7,10-11,24H,5,8-9,12H2,1-4H3,(H2,22,23,25). The third kappa shape index (κ3) is 4.30. The number of halogens is 1. The molecule has 0 saturated carbocycles. The minimum atomic E-state index is -0.214. The van der Waals surface area contributed by atoms with Crippen molar-refractivity contribution in [3.8, 4) is 0 Å². The van der Waals surface area contributed by atoms with Gasteiger partial charge < -0.3 is 15.6 Å². The van der Waals surface area contributed by atoms with Crippen molar-refractivity contribution in [3.05, 3.63) is 52.7 Å². The minimum absolute atomic E-state index is 0.214. The molecule has 0 spiro atoms. The Morgan fingerprint density at radius 2 is 2.11 bits per heavy atom. The highest BCUT2D eigenvalue weighted by Gasteiger charge is 2.09. The van der Waals surface area contributed by atoms with Crippen LogP contribution in [-0.2, 0) is 20.0 Å². The molecule has 0 atom stereocenters. The molecule has 0 unspecified atom stereocenters. The van der Waals surface area contributed by atoms with E-state index in [1.165, 1.54) is 6.07 Å². The van der Waals surface area contributed by atoms with Gasteiger partial charge in [-0.1, -0.05) is 0 Å². The van der Waals surface area contributed by atoms with Crippen LogP contribution in [0.4, 0.5) is 4.39 Å². The first-order valence-electron chi connectivity index (χ1n) is 9.26. The predicted molar refractivity (Wildman–Crippen MR) is 107 cm³/mol. The maximum Gasteiger partial charge on any atom is 0.191 e. The van der Waals surface area contributed by atoms with Crippen LogP contribution < -0.4 is 10.6 Å². The number of nitrogens with zero attached hydrogens (tertiary/aromatic N) is 3. The molecule has 3 rings (SSSR count). The molecular formula is C20H27FN6. The Bertz CT molecular complexity index is 953. The van der Waals surface area contributed by atoms with Crippen LogP contribution in [0.2, 0.25) is 0 Å².